The highest BCUT2D eigenvalue weighted by atomic mass is 79.9. The first-order chi connectivity index (χ1) is 16.5. The molecule has 11 heteroatoms. The summed E-state index contributed by atoms with van der Waals surface area (Å²) >= 11 is 5.32. The van der Waals surface area contributed by atoms with Crippen molar-refractivity contribution in [3.05, 3.63) is 69.7 Å². The highest BCUT2D eigenvalue weighted by molar-refractivity contribution is 9.10. The Morgan fingerprint density at radius 2 is 2.18 bits per heavy atom. The molecule has 1 aliphatic heterocycles. The van der Waals surface area contributed by atoms with Gasteiger partial charge in [0.15, 0.2) is 5.56 Å². The van der Waals surface area contributed by atoms with E-state index in [1.165, 1.54) is 11.3 Å². The Morgan fingerprint density at radius 3 is 2.82 bits per heavy atom. The van der Waals surface area contributed by atoms with Crippen LogP contribution in [0, 0.1) is 0 Å². The van der Waals surface area contributed by atoms with Crippen LogP contribution >= 0.6 is 27.7 Å². The Kier molecular flexibility index (Phi) is 7.35. The number of rotatable bonds is 4. The second-order valence-electron chi connectivity index (χ2n) is 7.35. The third-order valence-corrected chi connectivity index (χ3v) is 7.26. The van der Waals surface area contributed by atoms with Crippen molar-refractivity contribution in [2.45, 2.75) is 18.4 Å². The van der Waals surface area contributed by atoms with E-state index in [2.05, 4.69) is 37.3 Å². The fraction of sp³-hybridized carbons (Fsp3) is 0.217. The van der Waals surface area contributed by atoms with Gasteiger partial charge in [0.25, 0.3) is 5.91 Å². The second-order valence-corrected chi connectivity index (χ2v) is 9.27. The van der Waals surface area contributed by atoms with Gasteiger partial charge in [-0.2, -0.15) is 5.10 Å². The van der Waals surface area contributed by atoms with Crippen molar-refractivity contribution in [1.82, 2.24) is 25.4 Å². The van der Waals surface area contributed by atoms with Gasteiger partial charge in [-0.25, -0.2) is 4.68 Å². The molecule has 0 bridgehead atoms. The van der Waals surface area contributed by atoms with Crippen LogP contribution in [-0.2, 0) is 16.0 Å². The normalized spacial score (nSPS) is 16.0. The summed E-state index contributed by atoms with van der Waals surface area (Å²) in [5, 5.41) is 11.2. The topological polar surface area (TPSA) is 124 Å². The summed E-state index contributed by atoms with van der Waals surface area (Å²) in [6.45, 7) is 0. The molecular formula is C23H23BrN6O3S. The van der Waals surface area contributed by atoms with Crippen LogP contribution < -0.4 is 16.4 Å². The molecule has 9 nitrogen and oxygen atoms in total. The molecule has 5 rings (SSSR count). The van der Waals surface area contributed by atoms with Gasteiger partial charge in [0, 0.05) is 53.4 Å². The first-order valence-electron chi connectivity index (χ1n) is 10.4. The van der Waals surface area contributed by atoms with Crippen molar-refractivity contribution in [3.63, 3.8) is 0 Å². The molecule has 176 valence electrons. The first-order valence-corrected chi connectivity index (χ1v) is 12.1. The summed E-state index contributed by atoms with van der Waals surface area (Å²) in [5.74, 6) is -0.130. The van der Waals surface area contributed by atoms with Crippen LogP contribution in [0.3, 0.4) is 0 Å². The molecule has 3 heterocycles. The third kappa shape index (κ3) is 4.46. The molecule has 1 unspecified atom stereocenters. The monoisotopic (exact) mass is 542 g/mol. The summed E-state index contributed by atoms with van der Waals surface area (Å²) < 4.78 is 8.31. The highest BCUT2D eigenvalue weighted by Gasteiger charge is 2.35. The van der Waals surface area contributed by atoms with Crippen LogP contribution in [0.25, 0.3) is 21.8 Å². The lowest BCUT2D eigenvalue weighted by molar-refractivity contribution is -0.106. The zero-order chi connectivity index (χ0) is 24.2. The molecule has 0 spiro atoms. The molecule has 0 saturated heterocycles. The standard InChI is InChI=1S/C22H20BrN5O2S.CH3NO/c1-24-21(29)12-5-8-17(15(23)10-12)28-19-14(18(27-28)13-4-3-9-25-11-13)6-7-16-20(19)31-22(26-16)30-2;2-1-3/h3-5,8-11,22,26H,6-7H2,1-2H3,(H,24,29);1H,(H2,2,3). The van der Waals surface area contributed by atoms with Crippen LogP contribution in [0.4, 0.5) is 0 Å². The lowest BCUT2D eigenvalue weighted by atomic mass is 9.96. The van der Waals surface area contributed by atoms with Gasteiger partial charge in [-0.15, -0.1) is 0 Å². The number of methoxy groups -OCH3 is 1. The van der Waals surface area contributed by atoms with E-state index < -0.39 is 0 Å². The van der Waals surface area contributed by atoms with E-state index in [0.29, 0.717) is 5.56 Å². The molecule has 1 aromatic carbocycles. The number of nitrogens with two attached hydrogens (primary N) is 1. The zero-order valence-corrected chi connectivity index (χ0v) is 20.9. The highest BCUT2D eigenvalue weighted by Crippen LogP contribution is 2.47. The number of aromatic nitrogens is 3. The number of carbonyl (C=O) groups is 2. The quantitative estimate of drug-likeness (QED) is 0.432. The van der Waals surface area contributed by atoms with Crippen molar-refractivity contribution in [1.29, 1.82) is 0 Å². The Labute approximate surface area is 209 Å². The van der Waals surface area contributed by atoms with E-state index in [0.717, 1.165) is 44.9 Å². The zero-order valence-electron chi connectivity index (χ0n) is 18.5. The van der Waals surface area contributed by atoms with Crippen LogP contribution in [-0.4, -0.2) is 46.8 Å². The molecule has 4 N–H and O–H groups in total. The first kappa shape index (κ1) is 24.0. The number of nitrogens with zero attached hydrogens (tertiary/aromatic N) is 3. The van der Waals surface area contributed by atoms with Gasteiger partial charge >= 0.3 is 0 Å². The molecule has 0 fully saturated rings. The number of amides is 2. The van der Waals surface area contributed by atoms with Crippen molar-refractivity contribution in [2.24, 2.45) is 5.73 Å². The average Bonchev–Trinajstić information content (AvgIpc) is 3.46. The molecule has 1 atom stereocenters. The minimum Gasteiger partial charge on any atom is -0.372 e. The maximum atomic E-state index is 12.1. The number of halogens is 1. The van der Waals surface area contributed by atoms with Crippen molar-refractivity contribution >= 4 is 44.9 Å². The maximum Gasteiger partial charge on any atom is 0.251 e. The number of thioether (sulfide) groups is 1. The van der Waals surface area contributed by atoms with Gasteiger partial charge in [-0.05, 0) is 59.1 Å². The molecule has 2 aromatic heterocycles. The lowest BCUT2D eigenvalue weighted by Crippen LogP contribution is -2.22. The average molecular weight is 543 g/mol. The maximum absolute atomic E-state index is 12.1. The summed E-state index contributed by atoms with van der Waals surface area (Å²) in [4.78, 5) is 26.1. The van der Waals surface area contributed by atoms with E-state index in [1.54, 1.807) is 32.1 Å². The van der Waals surface area contributed by atoms with Crippen LogP contribution in [0.15, 0.2) is 52.9 Å². The number of hydrogen-bond donors (Lipinski definition) is 3. The number of pyridine rings is 1. The number of benzene rings is 1. The Morgan fingerprint density at radius 1 is 1.38 bits per heavy atom. The predicted molar refractivity (Wildman–Crippen MR) is 135 cm³/mol. The number of primary amides is 1. The van der Waals surface area contributed by atoms with Crippen molar-refractivity contribution < 1.29 is 14.3 Å². The molecule has 0 saturated carbocycles. The number of allylic oxidation sites excluding steroid dienone is 1. The molecule has 0 radical (unpaired) electrons. The number of fused-ring (bicyclic) bond motifs is 2. The van der Waals surface area contributed by atoms with Crippen molar-refractivity contribution in [2.75, 3.05) is 14.2 Å². The minimum atomic E-state index is -0.130. The molecule has 3 aromatic rings. The van der Waals surface area contributed by atoms with Gasteiger partial charge < -0.3 is 21.1 Å². The van der Waals surface area contributed by atoms with E-state index in [4.69, 9.17) is 14.6 Å². The van der Waals surface area contributed by atoms with Gasteiger partial charge in [-0.3, -0.25) is 14.6 Å². The van der Waals surface area contributed by atoms with Crippen LogP contribution in [0.5, 0.6) is 0 Å². The fourth-order valence-electron chi connectivity index (χ4n) is 3.95. The van der Waals surface area contributed by atoms with E-state index in [-0.39, 0.29) is 17.9 Å². The number of carbonyl (C=O) groups excluding carboxylic acids is 2. The van der Waals surface area contributed by atoms with Crippen molar-refractivity contribution in [3.8, 4) is 16.9 Å². The molecule has 2 aliphatic rings. The summed E-state index contributed by atoms with van der Waals surface area (Å²) in [7, 11) is 3.33. The second kappa shape index (κ2) is 10.4. The summed E-state index contributed by atoms with van der Waals surface area (Å²) in [5.41, 5.74) is 10.9. The number of ether oxygens (including phenoxy) is 1. The van der Waals surface area contributed by atoms with Gasteiger partial charge in [0.2, 0.25) is 6.41 Å². The molecule has 34 heavy (non-hydrogen) atoms. The Hall–Kier alpha value is -3.15. The number of hydrogen-bond acceptors (Lipinski definition) is 7. The largest absolute Gasteiger partial charge is 0.372 e. The summed E-state index contributed by atoms with van der Waals surface area (Å²) in [6.07, 6.45) is 5.64. The number of nitrogens with one attached hydrogen (secondary N) is 2. The van der Waals surface area contributed by atoms with E-state index >= 15 is 0 Å². The predicted octanol–water partition coefficient (Wildman–Crippen LogP) is 3.04. The minimum absolute atomic E-state index is 0.111. The molecular weight excluding hydrogens is 520 g/mol. The van der Waals surface area contributed by atoms with E-state index in [1.807, 2.05) is 41.2 Å². The Bertz CT molecular complexity index is 1260. The van der Waals surface area contributed by atoms with Crippen LogP contribution in [0.1, 0.15) is 28.0 Å². The summed E-state index contributed by atoms with van der Waals surface area (Å²) in [6, 6.07) is 9.51. The third-order valence-electron chi connectivity index (χ3n) is 5.43. The van der Waals surface area contributed by atoms with E-state index in [9.17, 15) is 4.79 Å². The van der Waals surface area contributed by atoms with Crippen LogP contribution in [0.2, 0.25) is 0 Å². The molecule has 2 amide bonds. The SMILES string of the molecule is CNC(=O)c1ccc(-n2nc(-c3cccnc3)c3c2C2=C(CC3)NC(OC)S2)c(Br)c1.NC=O. The lowest BCUT2D eigenvalue weighted by Gasteiger charge is -2.17. The smallest absolute Gasteiger partial charge is 0.251 e. The van der Waals surface area contributed by atoms with Gasteiger partial charge in [0.1, 0.15) is 0 Å². The Balaban J connectivity index is 0.000000868. The fourth-order valence-corrected chi connectivity index (χ4v) is 5.63. The molecule has 1 aliphatic carbocycles. The van der Waals surface area contributed by atoms with Gasteiger partial charge in [0.05, 0.1) is 22.0 Å². The van der Waals surface area contributed by atoms with Gasteiger partial charge in [-0.1, -0.05) is 11.8 Å².